The van der Waals surface area contributed by atoms with Crippen LogP contribution in [0.5, 0.6) is 5.75 Å². The molecule has 0 saturated heterocycles. The van der Waals surface area contributed by atoms with E-state index in [1.54, 1.807) is 0 Å². The summed E-state index contributed by atoms with van der Waals surface area (Å²) < 4.78 is 5.57. The van der Waals surface area contributed by atoms with Gasteiger partial charge in [-0.15, -0.1) is 0 Å². The lowest BCUT2D eigenvalue weighted by molar-refractivity contribution is -0.118. The third-order valence-electron chi connectivity index (χ3n) is 3.34. The summed E-state index contributed by atoms with van der Waals surface area (Å²) in [6.45, 7) is 6.53. The number of hydrogen-bond acceptors (Lipinski definition) is 3. The van der Waals surface area contributed by atoms with Gasteiger partial charge < -0.3 is 10.1 Å². The zero-order chi connectivity index (χ0) is 16.7. The van der Waals surface area contributed by atoms with Gasteiger partial charge in [-0.05, 0) is 38.5 Å². The van der Waals surface area contributed by atoms with E-state index < -0.39 is 6.04 Å². The van der Waals surface area contributed by atoms with E-state index in [0.29, 0.717) is 18.0 Å². The summed E-state index contributed by atoms with van der Waals surface area (Å²) in [6.07, 6.45) is 0. The van der Waals surface area contributed by atoms with Gasteiger partial charge in [-0.3, -0.25) is 10.1 Å². The van der Waals surface area contributed by atoms with Crippen LogP contribution in [0.1, 0.15) is 32.4 Å². The Morgan fingerprint density at radius 2 is 1.70 bits per heavy atom. The molecule has 4 nitrogen and oxygen atoms in total. The topological polar surface area (TPSA) is 50.4 Å². The van der Waals surface area contributed by atoms with Crippen LogP contribution in [0.15, 0.2) is 54.6 Å². The molecule has 0 saturated carbocycles. The highest BCUT2D eigenvalue weighted by atomic mass is 16.5. The number of nitrogens with one attached hydrogen (secondary N) is 2. The summed E-state index contributed by atoms with van der Waals surface area (Å²) >= 11 is 0. The fraction of sp³-hybridized carbons (Fsp3) is 0.316. The zero-order valence-electron chi connectivity index (χ0n) is 13.9. The maximum Gasteiger partial charge on any atom is 0.246 e. The van der Waals surface area contributed by atoms with E-state index in [2.05, 4.69) is 10.6 Å². The van der Waals surface area contributed by atoms with Crippen LogP contribution in [-0.2, 0) is 4.79 Å². The van der Waals surface area contributed by atoms with Crippen molar-refractivity contribution in [2.75, 3.05) is 11.9 Å². The predicted molar refractivity (Wildman–Crippen MR) is 93.7 cm³/mol. The van der Waals surface area contributed by atoms with Crippen LogP contribution in [-0.4, -0.2) is 18.6 Å². The van der Waals surface area contributed by atoms with Crippen molar-refractivity contribution in [3.8, 4) is 5.75 Å². The number of amides is 1. The molecule has 2 aromatic rings. The average Bonchev–Trinajstić information content (AvgIpc) is 2.55. The zero-order valence-corrected chi connectivity index (χ0v) is 13.9. The van der Waals surface area contributed by atoms with Crippen molar-refractivity contribution in [3.05, 3.63) is 60.2 Å². The average molecular weight is 312 g/mol. The molecule has 0 aliphatic carbocycles. The highest BCUT2D eigenvalue weighted by Crippen LogP contribution is 2.25. The molecule has 2 aromatic carbocycles. The molecule has 0 aliphatic heterocycles. The van der Waals surface area contributed by atoms with Gasteiger partial charge in [0.1, 0.15) is 11.8 Å². The minimum Gasteiger partial charge on any atom is -0.492 e. The molecule has 2 rings (SSSR count). The maximum atomic E-state index is 12.8. The SMILES string of the molecule is CCOc1ccccc1NC(=O)[C@H](NC(C)C)c1ccccc1. The third kappa shape index (κ3) is 4.83. The Labute approximate surface area is 137 Å². The van der Waals surface area contributed by atoms with Gasteiger partial charge in [0.15, 0.2) is 0 Å². The van der Waals surface area contributed by atoms with E-state index in [1.807, 2.05) is 75.4 Å². The van der Waals surface area contributed by atoms with E-state index in [9.17, 15) is 4.79 Å². The fourth-order valence-corrected chi connectivity index (χ4v) is 2.36. The number of anilines is 1. The second-order valence-electron chi connectivity index (χ2n) is 5.58. The van der Waals surface area contributed by atoms with E-state index in [0.717, 1.165) is 5.56 Å². The normalized spacial score (nSPS) is 12.0. The molecule has 0 spiro atoms. The van der Waals surface area contributed by atoms with Crippen LogP contribution < -0.4 is 15.4 Å². The van der Waals surface area contributed by atoms with Crippen molar-refractivity contribution < 1.29 is 9.53 Å². The minimum absolute atomic E-state index is 0.1000. The molecule has 4 heteroatoms. The van der Waals surface area contributed by atoms with E-state index >= 15 is 0 Å². The van der Waals surface area contributed by atoms with Gasteiger partial charge in [0, 0.05) is 6.04 Å². The van der Waals surface area contributed by atoms with Crippen molar-refractivity contribution in [2.45, 2.75) is 32.9 Å². The lowest BCUT2D eigenvalue weighted by Gasteiger charge is -2.22. The van der Waals surface area contributed by atoms with Gasteiger partial charge in [0.2, 0.25) is 5.91 Å². The Kier molecular flexibility index (Phi) is 6.18. The molecule has 1 atom stereocenters. The van der Waals surface area contributed by atoms with Crippen LogP contribution in [0, 0.1) is 0 Å². The summed E-state index contributed by atoms with van der Waals surface area (Å²) in [6, 6.07) is 17.0. The van der Waals surface area contributed by atoms with Crippen molar-refractivity contribution in [1.82, 2.24) is 5.32 Å². The highest BCUT2D eigenvalue weighted by Gasteiger charge is 2.22. The number of ether oxygens (including phenoxy) is 1. The lowest BCUT2D eigenvalue weighted by Crippen LogP contribution is -2.37. The van der Waals surface area contributed by atoms with E-state index in [-0.39, 0.29) is 11.9 Å². The molecular formula is C19H24N2O2. The molecule has 0 radical (unpaired) electrons. The van der Waals surface area contributed by atoms with Crippen molar-refractivity contribution in [1.29, 1.82) is 0 Å². The monoisotopic (exact) mass is 312 g/mol. The second kappa shape index (κ2) is 8.34. The van der Waals surface area contributed by atoms with Crippen LogP contribution in [0.2, 0.25) is 0 Å². The lowest BCUT2D eigenvalue weighted by atomic mass is 10.1. The Bertz CT molecular complexity index is 626. The summed E-state index contributed by atoms with van der Waals surface area (Å²) in [5.74, 6) is 0.580. The van der Waals surface area contributed by atoms with Gasteiger partial charge >= 0.3 is 0 Å². The number of carbonyl (C=O) groups is 1. The van der Waals surface area contributed by atoms with Gasteiger partial charge in [-0.1, -0.05) is 42.5 Å². The van der Waals surface area contributed by atoms with Crippen LogP contribution in [0.25, 0.3) is 0 Å². The molecular weight excluding hydrogens is 288 g/mol. The first-order valence-electron chi connectivity index (χ1n) is 7.95. The van der Waals surface area contributed by atoms with Crippen LogP contribution in [0.4, 0.5) is 5.69 Å². The van der Waals surface area contributed by atoms with Crippen LogP contribution >= 0.6 is 0 Å². The third-order valence-corrected chi connectivity index (χ3v) is 3.34. The van der Waals surface area contributed by atoms with E-state index in [4.69, 9.17) is 4.74 Å². The standard InChI is InChI=1S/C19H24N2O2/c1-4-23-17-13-9-8-12-16(17)21-19(22)18(20-14(2)3)15-10-6-5-7-11-15/h5-14,18,20H,4H2,1-3H3,(H,21,22)/t18-/m1/s1. The highest BCUT2D eigenvalue weighted by molar-refractivity contribution is 5.96. The van der Waals surface area contributed by atoms with Crippen LogP contribution in [0.3, 0.4) is 0 Å². The summed E-state index contributed by atoms with van der Waals surface area (Å²) in [5.41, 5.74) is 1.62. The maximum absolute atomic E-state index is 12.8. The van der Waals surface area contributed by atoms with Crippen molar-refractivity contribution >= 4 is 11.6 Å². The number of hydrogen-bond donors (Lipinski definition) is 2. The van der Waals surface area contributed by atoms with E-state index in [1.165, 1.54) is 0 Å². The predicted octanol–water partition coefficient (Wildman–Crippen LogP) is 3.76. The Morgan fingerprint density at radius 3 is 2.35 bits per heavy atom. The fourth-order valence-electron chi connectivity index (χ4n) is 2.36. The van der Waals surface area contributed by atoms with Crippen molar-refractivity contribution in [2.24, 2.45) is 0 Å². The number of carbonyl (C=O) groups excluding carboxylic acids is 1. The number of para-hydroxylation sites is 2. The van der Waals surface area contributed by atoms with Gasteiger partial charge in [0.25, 0.3) is 0 Å². The molecule has 2 N–H and O–H groups in total. The quantitative estimate of drug-likeness (QED) is 0.818. The number of rotatable bonds is 7. The van der Waals surface area contributed by atoms with Crippen molar-refractivity contribution in [3.63, 3.8) is 0 Å². The molecule has 23 heavy (non-hydrogen) atoms. The molecule has 122 valence electrons. The Hall–Kier alpha value is -2.33. The molecule has 0 aromatic heterocycles. The largest absolute Gasteiger partial charge is 0.492 e. The molecule has 1 amide bonds. The number of benzene rings is 2. The van der Waals surface area contributed by atoms with Gasteiger partial charge in [0.05, 0.1) is 12.3 Å². The van der Waals surface area contributed by atoms with Gasteiger partial charge in [-0.25, -0.2) is 0 Å². The first-order chi connectivity index (χ1) is 11.1. The molecule has 0 fully saturated rings. The molecule has 0 heterocycles. The van der Waals surface area contributed by atoms with Gasteiger partial charge in [-0.2, -0.15) is 0 Å². The first kappa shape index (κ1) is 17.0. The summed E-state index contributed by atoms with van der Waals surface area (Å²) in [7, 11) is 0. The second-order valence-corrected chi connectivity index (χ2v) is 5.58. The Morgan fingerprint density at radius 1 is 1.04 bits per heavy atom. The summed E-state index contributed by atoms with van der Waals surface area (Å²) in [4.78, 5) is 12.8. The smallest absolute Gasteiger partial charge is 0.246 e. The molecule has 0 aliphatic rings. The Balaban J connectivity index is 2.21. The molecule has 0 unspecified atom stereocenters. The first-order valence-corrected chi connectivity index (χ1v) is 7.95. The summed E-state index contributed by atoms with van der Waals surface area (Å²) in [5, 5.41) is 6.29. The molecule has 0 bridgehead atoms. The minimum atomic E-state index is -0.411.